The van der Waals surface area contributed by atoms with Gasteiger partial charge in [-0.3, -0.25) is 14.9 Å². The lowest BCUT2D eigenvalue weighted by molar-refractivity contribution is -0.380. The van der Waals surface area contributed by atoms with Gasteiger partial charge in [0.15, 0.2) is 11.5 Å². The van der Waals surface area contributed by atoms with Gasteiger partial charge in [0.2, 0.25) is 5.88 Å². The maximum Gasteiger partial charge on any atom is 0.324 e. The van der Waals surface area contributed by atoms with Gasteiger partial charge in [0.25, 0.3) is 5.91 Å². The first kappa shape index (κ1) is 21.2. The van der Waals surface area contributed by atoms with E-state index in [4.69, 9.17) is 4.74 Å². The molecule has 0 saturated heterocycles. The predicted molar refractivity (Wildman–Crippen MR) is 125 cm³/mol. The highest BCUT2D eigenvalue weighted by molar-refractivity contribution is 7.17. The van der Waals surface area contributed by atoms with Crippen LogP contribution >= 0.6 is 11.3 Å². The number of nitrogens with zero attached hydrogens (tertiary/aromatic N) is 6. The molecule has 0 aliphatic carbocycles. The highest BCUT2D eigenvalue weighted by Crippen LogP contribution is 2.29. The number of rotatable bonds is 6. The minimum atomic E-state index is -0.539. The van der Waals surface area contributed by atoms with Gasteiger partial charge >= 0.3 is 5.00 Å². The zero-order valence-electron chi connectivity index (χ0n) is 17.6. The van der Waals surface area contributed by atoms with Crippen molar-refractivity contribution < 1.29 is 14.5 Å². The normalized spacial score (nSPS) is 10.9. The topological polar surface area (TPSA) is 138 Å². The van der Waals surface area contributed by atoms with Crippen LogP contribution in [0.4, 0.5) is 10.8 Å². The first-order valence-electron chi connectivity index (χ1n) is 9.90. The average molecular weight is 473 g/mol. The maximum absolute atomic E-state index is 12.9. The number of amides is 1. The van der Waals surface area contributed by atoms with Crippen LogP contribution in [-0.4, -0.2) is 42.7 Å². The van der Waals surface area contributed by atoms with Crippen LogP contribution in [-0.2, 0) is 0 Å². The SMILES string of the molecule is COc1ccc(-c2nc(NC(=O)c3ccc([N+](=O)[O-])s3)c3cnn(-c4ccccc4)c3n2)cn1. The van der Waals surface area contributed by atoms with E-state index in [0.29, 0.717) is 28.3 Å². The summed E-state index contributed by atoms with van der Waals surface area (Å²) in [6, 6.07) is 15.5. The van der Waals surface area contributed by atoms with Crippen molar-refractivity contribution in [1.82, 2.24) is 24.7 Å². The smallest absolute Gasteiger partial charge is 0.324 e. The molecule has 0 aliphatic heterocycles. The second-order valence-electron chi connectivity index (χ2n) is 6.96. The van der Waals surface area contributed by atoms with Gasteiger partial charge in [0.1, 0.15) is 5.82 Å². The molecule has 0 atom stereocenters. The summed E-state index contributed by atoms with van der Waals surface area (Å²) in [4.78, 5) is 36.9. The number of nitrogens with one attached hydrogen (secondary N) is 1. The maximum atomic E-state index is 12.9. The van der Waals surface area contributed by atoms with Crippen LogP contribution in [0.5, 0.6) is 5.88 Å². The number of methoxy groups -OCH3 is 1. The highest BCUT2D eigenvalue weighted by Gasteiger charge is 2.20. The number of hydrogen-bond acceptors (Lipinski definition) is 9. The Labute approximate surface area is 195 Å². The first-order valence-corrected chi connectivity index (χ1v) is 10.7. The zero-order chi connectivity index (χ0) is 23.7. The number of carbonyl (C=O) groups is 1. The van der Waals surface area contributed by atoms with Crippen LogP contribution in [0.1, 0.15) is 9.67 Å². The average Bonchev–Trinajstić information content (AvgIpc) is 3.53. The summed E-state index contributed by atoms with van der Waals surface area (Å²) in [6.07, 6.45) is 3.13. The number of hydrogen-bond donors (Lipinski definition) is 1. The van der Waals surface area contributed by atoms with E-state index < -0.39 is 10.8 Å². The van der Waals surface area contributed by atoms with Crippen LogP contribution in [0.3, 0.4) is 0 Å². The Balaban J connectivity index is 1.62. The third kappa shape index (κ3) is 3.93. The number of nitro groups is 1. The van der Waals surface area contributed by atoms with Gasteiger partial charge in [-0.05, 0) is 24.3 Å². The fourth-order valence-corrected chi connectivity index (χ4v) is 3.96. The van der Waals surface area contributed by atoms with E-state index >= 15 is 0 Å². The molecule has 0 saturated carbocycles. The van der Waals surface area contributed by atoms with E-state index in [9.17, 15) is 14.9 Å². The molecule has 12 heteroatoms. The monoisotopic (exact) mass is 473 g/mol. The molecule has 1 amide bonds. The van der Waals surface area contributed by atoms with Crippen molar-refractivity contribution in [2.45, 2.75) is 0 Å². The molecule has 0 fully saturated rings. The van der Waals surface area contributed by atoms with E-state index in [1.54, 1.807) is 29.2 Å². The van der Waals surface area contributed by atoms with Crippen molar-refractivity contribution in [2.24, 2.45) is 0 Å². The quantitative estimate of drug-likeness (QED) is 0.287. The summed E-state index contributed by atoms with van der Waals surface area (Å²) >= 11 is 0.781. The highest BCUT2D eigenvalue weighted by atomic mass is 32.1. The van der Waals surface area contributed by atoms with Gasteiger partial charge in [-0.25, -0.2) is 19.6 Å². The van der Waals surface area contributed by atoms with Gasteiger partial charge in [-0.2, -0.15) is 5.10 Å². The number of pyridine rings is 1. The van der Waals surface area contributed by atoms with Crippen LogP contribution < -0.4 is 10.1 Å². The van der Waals surface area contributed by atoms with Gasteiger partial charge < -0.3 is 10.1 Å². The number of benzene rings is 1. The second kappa shape index (κ2) is 8.67. The molecule has 0 radical (unpaired) electrons. The Bertz CT molecular complexity index is 1510. The minimum absolute atomic E-state index is 0.125. The molecule has 0 spiro atoms. The molecule has 168 valence electrons. The van der Waals surface area contributed by atoms with E-state index in [0.717, 1.165) is 17.0 Å². The van der Waals surface area contributed by atoms with E-state index in [1.807, 2.05) is 30.3 Å². The molecule has 11 nitrogen and oxygen atoms in total. The third-order valence-electron chi connectivity index (χ3n) is 4.86. The van der Waals surface area contributed by atoms with Crippen molar-refractivity contribution in [3.63, 3.8) is 0 Å². The third-order valence-corrected chi connectivity index (χ3v) is 5.90. The molecule has 1 aromatic carbocycles. The molecule has 4 aromatic heterocycles. The fourth-order valence-electron chi connectivity index (χ4n) is 3.24. The number of fused-ring (bicyclic) bond motifs is 1. The van der Waals surface area contributed by atoms with E-state index in [1.165, 1.54) is 19.2 Å². The molecule has 5 rings (SSSR count). The van der Waals surface area contributed by atoms with Crippen molar-refractivity contribution in [1.29, 1.82) is 0 Å². The van der Waals surface area contributed by atoms with Crippen molar-refractivity contribution in [3.8, 4) is 23.0 Å². The summed E-state index contributed by atoms with van der Waals surface area (Å²) in [5.41, 5.74) is 1.85. The summed E-state index contributed by atoms with van der Waals surface area (Å²) in [7, 11) is 1.52. The number of ether oxygens (including phenoxy) is 1. The largest absolute Gasteiger partial charge is 0.481 e. The van der Waals surface area contributed by atoms with Gasteiger partial charge in [0, 0.05) is 23.9 Å². The summed E-state index contributed by atoms with van der Waals surface area (Å²) in [6.45, 7) is 0. The minimum Gasteiger partial charge on any atom is -0.481 e. The van der Waals surface area contributed by atoms with Crippen LogP contribution in [0.2, 0.25) is 0 Å². The van der Waals surface area contributed by atoms with Gasteiger partial charge in [-0.15, -0.1) is 0 Å². The Morgan fingerprint density at radius 3 is 2.59 bits per heavy atom. The summed E-state index contributed by atoms with van der Waals surface area (Å²) in [5.74, 6) is 0.447. The Morgan fingerprint density at radius 2 is 1.91 bits per heavy atom. The first-order chi connectivity index (χ1) is 16.5. The van der Waals surface area contributed by atoms with Crippen LogP contribution in [0.25, 0.3) is 28.1 Å². The molecular formula is C22H15N7O4S. The molecule has 5 aromatic rings. The second-order valence-corrected chi connectivity index (χ2v) is 8.03. The standard InChI is InChI=1S/C22H15N7O4S/c1-33-17-9-7-13(11-23-17)19-25-20(27-22(30)16-8-10-18(34-16)29(31)32)15-12-24-28(21(15)26-19)14-5-3-2-4-6-14/h2-12H,1H3,(H,25,26,27,30). The summed E-state index contributed by atoms with van der Waals surface area (Å²) < 4.78 is 6.76. The number of carbonyl (C=O) groups excluding carboxylic acids is 1. The van der Waals surface area contributed by atoms with Gasteiger partial charge in [0.05, 0.1) is 34.2 Å². The van der Waals surface area contributed by atoms with Crippen molar-refractivity contribution >= 4 is 39.1 Å². The lowest BCUT2D eigenvalue weighted by atomic mass is 10.2. The number of aromatic nitrogens is 5. The van der Waals surface area contributed by atoms with E-state index in [-0.39, 0.29) is 15.7 Å². The molecular weight excluding hydrogens is 458 g/mol. The van der Waals surface area contributed by atoms with Crippen molar-refractivity contribution in [2.75, 3.05) is 12.4 Å². The fraction of sp³-hybridized carbons (Fsp3) is 0.0455. The lowest BCUT2D eigenvalue weighted by Crippen LogP contribution is -2.12. The summed E-state index contributed by atoms with van der Waals surface area (Å²) in [5, 5.41) is 18.6. The number of thiophene rings is 1. The van der Waals surface area contributed by atoms with Crippen LogP contribution in [0.15, 0.2) is 67.0 Å². The van der Waals surface area contributed by atoms with E-state index in [2.05, 4.69) is 25.4 Å². The number of para-hydroxylation sites is 1. The molecule has 4 heterocycles. The predicted octanol–water partition coefficient (Wildman–Crippen LogP) is 4.11. The van der Waals surface area contributed by atoms with Crippen molar-refractivity contribution in [3.05, 3.63) is 82.0 Å². The molecule has 0 unspecified atom stereocenters. The molecule has 0 aliphatic rings. The Kier molecular flexibility index (Phi) is 5.40. The zero-order valence-corrected chi connectivity index (χ0v) is 18.4. The molecule has 1 N–H and O–H groups in total. The number of anilines is 1. The molecule has 0 bridgehead atoms. The Hall–Kier alpha value is -4.71. The van der Waals surface area contributed by atoms with Gasteiger partial charge in [-0.1, -0.05) is 29.5 Å². The Morgan fingerprint density at radius 1 is 1.09 bits per heavy atom. The lowest BCUT2D eigenvalue weighted by Gasteiger charge is -2.09. The van der Waals surface area contributed by atoms with Crippen LogP contribution in [0, 0.1) is 10.1 Å². The molecule has 34 heavy (non-hydrogen) atoms.